The highest BCUT2D eigenvalue weighted by Crippen LogP contribution is 2.10. The first-order chi connectivity index (χ1) is 15.1. The van der Waals surface area contributed by atoms with Crippen LogP contribution >= 0.6 is 0 Å². The summed E-state index contributed by atoms with van der Waals surface area (Å²) in [5, 5.41) is 2.26. The van der Waals surface area contributed by atoms with Crippen molar-refractivity contribution in [1.29, 1.82) is 0 Å². The molecule has 4 rings (SSSR count). The second-order valence-electron chi connectivity index (χ2n) is 7.57. The smallest absolute Gasteiger partial charge is 0.0639 e. The quantitative estimate of drug-likeness (QED) is 0.379. The second kappa shape index (κ2) is 11.5. The number of aliphatic imine (C=N–C) groups is 1. The zero-order valence-electron chi connectivity index (χ0n) is 18.3. The summed E-state index contributed by atoms with van der Waals surface area (Å²) >= 11 is 0. The summed E-state index contributed by atoms with van der Waals surface area (Å²) in [5.41, 5.74) is 6.25. The average molecular weight is 404 g/mol. The number of rotatable bonds is 4. The normalized spacial score (nSPS) is 11.2. The minimum atomic E-state index is 0.746. The molecular weight excluding hydrogens is 374 g/mol. The van der Waals surface area contributed by atoms with E-state index in [4.69, 9.17) is 0 Å². The number of hydrogen-bond acceptors (Lipinski definition) is 1. The summed E-state index contributed by atoms with van der Waals surface area (Å²) < 4.78 is 0. The SMILES string of the molecule is C(=NCc1ccccc1)c1ccccc1.C=c1cccc/c1=C/c1cc(C)ccc1C. The van der Waals surface area contributed by atoms with E-state index < -0.39 is 0 Å². The van der Waals surface area contributed by atoms with Crippen LogP contribution in [0.15, 0.2) is 108 Å². The van der Waals surface area contributed by atoms with E-state index in [2.05, 4.69) is 80.0 Å². The first kappa shape index (κ1) is 22.0. The first-order valence-electron chi connectivity index (χ1n) is 10.5. The molecule has 4 aromatic carbocycles. The third-order valence-electron chi connectivity index (χ3n) is 4.96. The first-order valence-corrected chi connectivity index (χ1v) is 10.5. The van der Waals surface area contributed by atoms with E-state index in [1.807, 2.05) is 60.8 Å². The number of nitrogens with zero attached hydrogens (tertiary/aromatic N) is 1. The molecule has 1 heteroatoms. The standard InChI is InChI=1S/C16H16.C14H13N/c1-12-8-9-14(3)16(10-12)11-15-7-5-4-6-13(15)2;1-3-7-13(8-4-1)11-15-12-14-9-5-2-6-10-14/h4-11H,2H2,1,3H3;1-11H,12H2/b15-11-;. The van der Waals surface area contributed by atoms with Crippen molar-refractivity contribution in [1.82, 2.24) is 0 Å². The molecule has 0 aliphatic carbocycles. The molecule has 0 radical (unpaired) electrons. The van der Waals surface area contributed by atoms with E-state index >= 15 is 0 Å². The maximum absolute atomic E-state index is 4.39. The van der Waals surface area contributed by atoms with E-state index in [1.165, 1.54) is 27.5 Å². The Morgan fingerprint density at radius 3 is 2.10 bits per heavy atom. The Morgan fingerprint density at radius 1 is 0.742 bits per heavy atom. The van der Waals surface area contributed by atoms with Crippen molar-refractivity contribution >= 4 is 18.9 Å². The van der Waals surface area contributed by atoms with Gasteiger partial charge in [0.25, 0.3) is 0 Å². The molecule has 154 valence electrons. The van der Waals surface area contributed by atoms with Crippen LogP contribution in [0.4, 0.5) is 0 Å². The molecule has 0 fully saturated rings. The summed E-state index contributed by atoms with van der Waals surface area (Å²) in [7, 11) is 0. The Morgan fingerprint density at radius 2 is 1.39 bits per heavy atom. The Hall–Kier alpha value is -3.71. The monoisotopic (exact) mass is 403 g/mol. The van der Waals surface area contributed by atoms with Gasteiger partial charge in [0, 0.05) is 6.21 Å². The van der Waals surface area contributed by atoms with E-state index in [0.717, 1.165) is 17.3 Å². The zero-order chi connectivity index (χ0) is 21.9. The average Bonchev–Trinajstić information content (AvgIpc) is 2.80. The highest BCUT2D eigenvalue weighted by Gasteiger charge is 1.94. The minimum absolute atomic E-state index is 0.746. The maximum atomic E-state index is 4.39. The number of aryl methyl sites for hydroxylation is 2. The summed E-state index contributed by atoms with van der Waals surface area (Å²) in [4.78, 5) is 4.39. The van der Waals surface area contributed by atoms with Crippen molar-refractivity contribution in [2.45, 2.75) is 20.4 Å². The topological polar surface area (TPSA) is 12.4 Å². The van der Waals surface area contributed by atoms with Crippen LogP contribution in [0.1, 0.15) is 27.8 Å². The van der Waals surface area contributed by atoms with Crippen LogP contribution in [-0.2, 0) is 6.54 Å². The molecule has 0 saturated heterocycles. The summed E-state index contributed by atoms with van der Waals surface area (Å²) in [6, 6.07) is 35.1. The maximum Gasteiger partial charge on any atom is 0.0639 e. The van der Waals surface area contributed by atoms with Crippen molar-refractivity contribution in [3.8, 4) is 0 Å². The van der Waals surface area contributed by atoms with Crippen LogP contribution < -0.4 is 10.4 Å². The molecule has 0 aromatic heterocycles. The van der Waals surface area contributed by atoms with Gasteiger partial charge >= 0.3 is 0 Å². The lowest BCUT2D eigenvalue weighted by atomic mass is 10.0. The summed E-state index contributed by atoms with van der Waals surface area (Å²) in [6.07, 6.45) is 4.11. The molecule has 0 spiro atoms. The highest BCUT2D eigenvalue weighted by molar-refractivity contribution is 5.79. The number of benzene rings is 4. The molecule has 0 aliphatic heterocycles. The van der Waals surface area contributed by atoms with E-state index in [0.29, 0.717) is 0 Å². The van der Waals surface area contributed by atoms with Gasteiger partial charge in [-0.3, -0.25) is 4.99 Å². The third-order valence-corrected chi connectivity index (χ3v) is 4.96. The van der Waals surface area contributed by atoms with Crippen LogP contribution in [0.2, 0.25) is 0 Å². The van der Waals surface area contributed by atoms with Crippen molar-refractivity contribution < 1.29 is 0 Å². The molecule has 0 unspecified atom stereocenters. The Balaban J connectivity index is 0.000000176. The fourth-order valence-corrected chi connectivity index (χ4v) is 3.14. The van der Waals surface area contributed by atoms with Gasteiger partial charge in [0.2, 0.25) is 0 Å². The van der Waals surface area contributed by atoms with Crippen LogP contribution in [-0.4, -0.2) is 6.21 Å². The predicted molar refractivity (Wildman–Crippen MR) is 135 cm³/mol. The van der Waals surface area contributed by atoms with E-state index in [1.54, 1.807) is 0 Å². The molecule has 0 aliphatic rings. The van der Waals surface area contributed by atoms with Crippen molar-refractivity contribution in [2.24, 2.45) is 4.99 Å². The van der Waals surface area contributed by atoms with Gasteiger partial charge in [0.15, 0.2) is 0 Å². The van der Waals surface area contributed by atoms with Crippen LogP contribution in [0.5, 0.6) is 0 Å². The fraction of sp³-hybridized carbons (Fsp3) is 0.100. The van der Waals surface area contributed by atoms with Gasteiger partial charge in [0.1, 0.15) is 0 Å². The molecule has 0 N–H and O–H groups in total. The molecule has 0 amide bonds. The molecule has 0 atom stereocenters. The van der Waals surface area contributed by atoms with Gasteiger partial charge in [-0.15, -0.1) is 0 Å². The van der Waals surface area contributed by atoms with Crippen molar-refractivity contribution in [3.63, 3.8) is 0 Å². The van der Waals surface area contributed by atoms with Gasteiger partial charge < -0.3 is 0 Å². The lowest BCUT2D eigenvalue weighted by molar-refractivity contribution is 1.08. The second-order valence-corrected chi connectivity index (χ2v) is 7.57. The van der Waals surface area contributed by atoms with E-state index in [9.17, 15) is 0 Å². The lowest BCUT2D eigenvalue weighted by Gasteiger charge is -2.01. The van der Waals surface area contributed by atoms with Crippen molar-refractivity contribution in [3.05, 3.63) is 141 Å². The van der Waals surface area contributed by atoms with Gasteiger partial charge in [-0.2, -0.15) is 0 Å². The van der Waals surface area contributed by atoms with Crippen molar-refractivity contribution in [2.75, 3.05) is 0 Å². The molecular formula is C30H29N. The summed E-state index contributed by atoms with van der Waals surface area (Å²) in [5.74, 6) is 0. The molecule has 4 aromatic rings. The Kier molecular flexibility index (Phi) is 8.13. The highest BCUT2D eigenvalue weighted by atomic mass is 14.7. The van der Waals surface area contributed by atoms with Gasteiger partial charge in [-0.1, -0.05) is 115 Å². The zero-order valence-corrected chi connectivity index (χ0v) is 18.3. The fourth-order valence-electron chi connectivity index (χ4n) is 3.14. The molecule has 31 heavy (non-hydrogen) atoms. The lowest BCUT2D eigenvalue weighted by Crippen LogP contribution is -2.21. The third kappa shape index (κ3) is 7.24. The minimum Gasteiger partial charge on any atom is -0.288 e. The largest absolute Gasteiger partial charge is 0.288 e. The molecule has 1 nitrogen and oxygen atoms in total. The van der Waals surface area contributed by atoms with E-state index in [-0.39, 0.29) is 0 Å². The van der Waals surface area contributed by atoms with Crippen LogP contribution in [0, 0.1) is 13.8 Å². The Labute approximate surface area is 185 Å². The van der Waals surface area contributed by atoms with Gasteiger partial charge in [-0.05, 0) is 52.6 Å². The molecule has 0 saturated carbocycles. The van der Waals surface area contributed by atoms with Crippen LogP contribution in [0.25, 0.3) is 12.7 Å². The van der Waals surface area contributed by atoms with Gasteiger partial charge in [0.05, 0.1) is 6.54 Å². The van der Waals surface area contributed by atoms with Crippen LogP contribution in [0.3, 0.4) is 0 Å². The molecule has 0 bridgehead atoms. The number of hydrogen-bond donors (Lipinski definition) is 0. The predicted octanol–water partition coefficient (Wildman–Crippen LogP) is 5.85. The van der Waals surface area contributed by atoms with Gasteiger partial charge in [-0.25, -0.2) is 0 Å². The Bertz CT molecular complexity index is 1220. The summed E-state index contributed by atoms with van der Waals surface area (Å²) in [6.45, 7) is 9.04. The molecule has 0 heterocycles.